The van der Waals surface area contributed by atoms with E-state index in [2.05, 4.69) is 19.9 Å². The van der Waals surface area contributed by atoms with E-state index >= 15 is 0 Å². The third kappa shape index (κ3) is 8.65. The lowest BCUT2D eigenvalue weighted by Crippen LogP contribution is -2.47. The molecule has 1 aliphatic rings. The van der Waals surface area contributed by atoms with Crippen molar-refractivity contribution in [3.05, 3.63) is 30.3 Å². The number of likely N-dealkylation sites (tertiary alicyclic amines) is 1. The second kappa shape index (κ2) is 12.4. The molecule has 0 bridgehead atoms. The maximum Gasteiger partial charge on any atom is 0.211 e. The predicted molar refractivity (Wildman–Crippen MR) is 121 cm³/mol. The van der Waals surface area contributed by atoms with Gasteiger partial charge >= 0.3 is 0 Å². The van der Waals surface area contributed by atoms with Gasteiger partial charge in [0, 0.05) is 39.0 Å². The summed E-state index contributed by atoms with van der Waals surface area (Å²) in [6.07, 6.45) is 2.08. The number of guanidine groups is 1. The standard InChI is InChI=1S/C18H30N4O3S.HI/c1-3-19-18(20-12-13-21-26(23,24)4-2)22-14-10-17(11-15-22)25-16-8-6-5-7-9-16;/h5-9,17,21H,3-4,10-15H2,1-2H3,(H,19,20);1H. The molecule has 0 atom stereocenters. The first-order valence-corrected chi connectivity index (χ1v) is 10.9. The van der Waals surface area contributed by atoms with Crippen molar-refractivity contribution < 1.29 is 13.2 Å². The Balaban J connectivity index is 0.00000364. The zero-order chi connectivity index (χ0) is 18.8. The van der Waals surface area contributed by atoms with Crippen molar-refractivity contribution in [2.45, 2.75) is 32.8 Å². The van der Waals surface area contributed by atoms with Gasteiger partial charge in [-0.15, -0.1) is 24.0 Å². The minimum absolute atomic E-state index is 0. The largest absolute Gasteiger partial charge is 0.490 e. The van der Waals surface area contributed by atoms with E-state index in [1.807, 2.05) is 37.3 Å². The molecule has 154 valence electrons. The van der Waals surface area contributed by atoms with E-state index in [-0.39, 0.29) is 35.8 Å². The average Bonchev–Trinajstić information content (AvgIpc) is 2.66. The number of piperidine rings is 1. The first-order valence-electron chi connectivity index (χ1n) is 9.26. The van der Waals surface area contributed by atoms with Gasteiger partial charge in [-0.2, -0.15) is 0 Å². The third-order valence-electron chi connectivity index (χ3n) is 4.20. The number of sulfonamides is 1. The topological polar surface area (TPSA) is 83.0 Å². The predicted octanol–water partition coefficient (Wildman–Crippen LogP) is 2.05. The van der Waals surface area contributed by atoms with E-state index in [9.17, 15) is 8.42 Å². The fourth-order valence-corrected chi connectivity index (χ4v) is 3.37. The van der Waals surface area contributed by atoms with E-state index in [1.165, 1.54) is 0 Å². The van der Waals surface area contributed by atoms with Crippen molar-refractivity contribution in [3.8, 4) is 5.75 Å². The fourth-order valence-electron chi connectivity index (χ4n) is 2.77. The highest BCUT2D eigenvalue weighted by Crippen LogP contribution is 2.18. The van der Waals surface area contributed by atoms with Gasteiger partial charge in [0.1, 0.15) is 11.9 Å². The Labute approximate surface area is 180 Å². The number of hydrogen-bond acceptors (Lipinski definition) is 4. The van der Waals surface area contributed by atoms with Crippen LogP contribution in [0.25, 0.3) is 0 Å². The quantitative estimate of drug-likeness (QED) is 0.242. The van der Waals surface area contributed by atoms with E-state index in [0.717, 1.165) is 44.2 Å². The molecule has 2 N–H and O–H groups in total. The number of halogens is 1. The molecule has 27 heavy (non-hydrogen) atoms. The molecule has 0 amide bonds. The van der Waals surface area contributed by atoms with Crippen molar-refractivity contribution in [2.24, 2.45) is 4.99 Å². The fraction of sp³-hybridized carbons (Fsp3) is 0.611. The minimum Gasteiger partial charge on any atom is -0.490 e. The Morgan fingerprint density at radius 2 is 1.89 bits per heavy atom. The van der Waals surface area contributed by atoms with E-state index in [1.54, 1.807) is 6.92 Å². The molecule has 0 unspecified atom stereocenters. The molecule has 0 saturated carbocycles. The van der Waals surface area contributed by atoms with Gasteiger partial charge in [-0.05, 0) is 26.0 Å². The van der Waals surface area contributed by atoms with Gasteiger partial charge < -0.3 is 15.0 Å². The number of rotatable bonds is 8. The number of ether oxygens (including phenoxy) is 1. The lowest BCUT2D eigenvalue weighted by Gasteiger charge is -2.34. The van der Waals surface area contributed by atoms with Gasteiger partial charge in [0.2, 0.25) is 10.0 Å². The highest BCUT2D eigenvalue weighted by Gasteiger charge is 2.22. The molecular formula is C18H31IN4O3S. The summed E-state index contributed by atoms with van der Waals surface area (Å²) < 4.78 is 31.5. The van der Waals surface area contributed by atoms with Gasteiger partial charge in [0.25, 0.3) is 0 Å². The normalized spacial score (nSPS) is 15.9. The summed E-state index contributed by atoms with van der Waals surface area (Å²) in [4.78, 5) is 6.76. The van der Waals surface area contributed by atoms with Crippen molar-refractivity contribution in [1.29, 1.82) is 0 Å². The zero-order valence-electron chi connectivity index (χ0n) is 16.1. The average molecular weight is 510 g/mol. The molecule has 0 radical (unpaired) electrons. The van der Waals surface area contributed by atoms with Crippen LogP contribution in [0.2, 0.25) is 0 Å². The number of benzene rings is 1. The molecule has 0 aliphatic carbocycles. The lowest BCUT2D eigenvalue weighted by atomic mass is 10.1. The van der Waals surface area contributed by atoms with Gasteiger partial charge in [-0.25, -0.2) is 13.1 Å². The maximum atomic E-state index is 11.5. The molecule has 9 heteroatoms. The molecule has 1 heterocycles. The number of nitrogens with zero attached hydrogens (tertiary/aromatic N) is 2. The smallest absolute Gasteiger partial charge is 0.211 e. The Morgan fingerprint density at radius 1 is 1.22 bits per heavy atom. The monoisotopic (exact) mass is 510 g/mol. The summed E-state index contributed by atoms with van der Waals surface area (Å²) in [5.74, 6) is 1.84. The summed E-state index contributed by atoms with van der Waals surface area (Å²) in [6, 6.07) is 9.90. The number of nitrogens with one attached hydrogen (secondary N) is 2. The van der Waals surface area contributed by atoms with E-state index in [4.69, 9.17) is 4.74 Å². The molecular weight excluding hydrogens is 479 g/mol. The molecule has 1 aliphatic heterocycles. The highest BCUT2D eigenvalue weighted by atomic mass is 127. The maximum absolute atomic E-state index is 11.5. The SMILES string of the molecule is CCNC(=NCCNS(=O)(=O)CC)N1CCC(Oc2ccccc2)CC1.I. The van der Waals surface area contributed by atoms with Crippen LogP contribution in [0.15, 0.2) is 35.3 Å². The Hall–Kier alpha value is -1.07. The summed E-state index contributed by atoms with van der Waals surface area (Å²) in [5, 5.41) is 3.29. The van der Waals surface area contributed by atoms with Gasteiger partial charge in [-0.1, -0.05) is 18.2 Å². The van der Waals surface area contributed by atoms with Crippen molar-refractivity contribution in [3.63, 3.8) is 0 Å². The van der Waals surface area contributed by atoms with Crippen molar-refractivity contribution >= 4 is 40.0 Å². The van der Waals surface area contributed by atoms with Crippen LogP contribution in [-0.2, 0) is 10.0 Å². The summed E-state index contributed by atoms with van der Waals surface area (Å²) in [7, 11) is -3.16. The van der Waals surface area contributed by atoms with Crippen LogP contribution in [0.4, 0.5) is 0 Å². The van der Waals surface area contributed by atoms with Crippen LogP contribution >= 0.6 is 24.0 Å². The molecule has 1 aromatic rings. The minimum atomic E-state index is -3.16. The van der Waals surface area contributed by atoms with Crippen LogP contribution in [0.5, 0.6) is 5.75 Å². The molecule has 0 spiro atoms. The van der Waals surface area contributed by atoms with E-state index in [0.29, 0.717) is 13.1 Å². The molecule has 1 aromatic carbocycles. The van der Waals surface area contributed by atoms with Crippen molar-refractivity contribution in [1.82, 2.24) is 14.9 Å². The lowest BCUT2D eigenvalue weighted by molar-refractivity contribution is 0.129. The Bertz CT molecular complexity index is 662. The molecule has 1 fully saturated rings. The van der Waals surface area contributed by atoms with Crippen LogP contribution in [0, 0.1) is 0 Å². The first-order chi connectivity index (χ1) is 12.5. The Kier molecular flexibility index (Phi) is 11.0. The molecule has 7 nitrogen and oxygen atoms in total. The van der Waals surface area contributed by atoms with Crippen LogP contribution in [0.1, 0.15) is 26.7 Å². The van der Waals surface area contributed by atoms with Gasteiger partial charge in [0.15, 0.2) is 5.96 Å². The molecule has 0 aromatic heterocycles. The van der Waals surface area contributed by atoms with Crippen LogP contribution in [0.3, 0.4) is 0 Å². The van der Waals surface area contributed by atoms with Crippen molar-refractivity contribution in [2.75, 3.05) is 38.5 Å². The molecule has 1 saturated heterocycles. The molecule has 2 rings (SSSR count). The summed E-state index contributed by atoms with van der Waals surface area (Å²) in [6.45, 7) is 6.90. The van der Waals surface area contributed by atoms with E-state index < -0.39 is 10.0 Å². The van der Waals surface area contributed by atoms with Crippen LogP contribution < -0.4 is 14.8 Å². The van der Waals surface area contributed by atoms with Gasteiger partial charge in [-0.3, -0.25) is 4.99 Å². The van der Waals surface area contributed by atoms with Gasteiger partial charge in [0.05, 0.1) is 12.3 Å². The van der Waals surface area contributed by atoms with Crippen LogP contribution in [-0.4, -0.2) is 63.9 Å². The zero-order valence-corrected chi connectivity index (χ0v) is 19.2. The third-order valence-corrected chi connectivity index (χ3v) is 5.60. The second-order valence-corrected chi connectivity index (χ2v) is 8.25. The summed E-state index contributed by atoms with van der Waals surface area (Å²) in [5.41, 5.74) is 0. The highest BCUT2D eigenvalue weighted by molar-refractivity contribution is 14.0. The second-order valence-electron chi connectivity index (χ2n) is 6.15. The summed E-state index contributed by atoms with van der Waals surface area (Å²) >= 11 is 0. The number of hydrogen-bond donors (Lipinski definition) is 2. The Morgan fingerprint density at radius 3 is 2.48 bits per heavy atom. The first kappa shape index (κ1) is 24.0. The number of aliphatic imine (C=N–C) groups is 1. The number of para-hydroxylation sites is 1.